The lowest BCUT2D eigenvalue weighted by molar-refractivity contribution is 0.00737. The fourth-order valence-electron chi connectivity index (χ4n) is 3.66. The van der Waals surface area contributed by atoms with Gasteiger partial charge in [-0.05, 0) is 48.0 Å². The van der Waals surface area contributed by atoms with Gasteiger partial charge in [0.15, 0.2) is 5.82 Å². The summed E-state index contributed by atoms with van der Waals surface area (Å²) in [5, 5.41) is 18.9. The number of hydrazine groups is 1. The van der Waals surface area contributed by atoms with Gasteiger partial charge in [-0.25, -0.2) is 19.5 Å². The van der Waals surface area contributed by atoms with Gasteiger partial charge in [0.2, 0.25) is 5.82 Å². The molecule has 0 aliphatic rings. The van der Waals surface area contributed by atoms with Crippen molar-refractivity contribution < 1.29 is 27.9 Å². The van der Waals surface area contributed by atoms with E-state index in [1.165, 1.54) is 37.5 Å². The maximum absolute atomic E-state index is 13.7. The van der Waals surface area contributed by atoms with Crippen molar-refractivity contribution in [3.63, 3.8) is 0 Å². The molecule has 0 aliphatic heterocycles. The molecule has 3 heterocycles. The second kappa shape index (κ2) is 12.0. The molecule has 0 fully saturated rings. The molecule has 4 aromatic rings. The molecule has 2 N–H and O–H groups in total. The van der Waals surface area contributed by atoms with Crippen molar-refractivity contribution >= 4 is 46.8 Å². The number of halogens is 4. The van der Waals surface area contributed by atoms with Gasteiger partial charge in [-0.3, -0.25) is 15.0 Å². The van der Waals surface area contributed by atoms with Crippen LogP contribution >= 0.6 is 23.2 Å². The first kappa shape index (κ1) is 30.3. The highest BCUT2D eigenvalue weighted by atomic mass is 35.5. The van der Waals surface area contributed by atoms with Crippen molar-refractivity contribution in [2.24, 2.45) is 0 Å². The molecule has 42 heavy (non-hydrogen) atoms. The quantitative estimate of drug-likeness (QED) is 0.293. The smallest absolute Gasteiger partial charge is 0.428 e. The van der Waals surface area contributed by atoms with Crippen LogP contribution in [0.3, 0.4) is 0 Å². The number of rotatable bonds is 7. The third-order valence-electron chi connectivity index (χ3n) is 5.58. The molecule has 1 aromatic carbocycles. The lowest BCUT2D eigenvalue weighted by Gasteiger charge is -2.19. The van der Waals surface area contributed by atoms with Crippen LogP contribution in [0.2, 0.25) is 10.0 Å². The second-order valence-electron chi connectivity index (χ2n) is 8.84. The third-order valence-corrected chi connectivity index (χ3v) is 6.10. The molecule has 4 rings (SSSR count). The molecule has 18 heteroatoms. The minimum atomic E-state index is -3.31. The van der Waals surface area contributed by atoms with E-state index >= 15 is 0 Å². The Balaban J connectivity index is 1.72. The maximum Gasteiger partial charge on any atom is 0.428 e. The standard InChI is InChI=1S/C24H22Cl2F2N10O4/c1-12-8-13(25)9-15(20(39)33-36(3)23(41)42-4)18(12)30-21(40)17-10-14(11-37-34-22(31-35-37)24(2,27)28)32-38(17)19-16(26)6-5-7-29-19/h5-10H,11H2,1-4H3,(H,30,40)(H,33,39). The number of benzene rings is 1. The van der Waals surface area contributed by atoms with Gasteiger partial charge in [0.1, 0.15) is 12.2 Å². The first-order valence-electron chi connectivity index (χ1n) is 11.9. The predicted octanol–water partition coefficient (Wildman–Crippen LogP) is 3.62. The molecule has 0 bridgehead atoms. The summed E-state index contributed by atoms with van der Waals surface area (Å²) in [6.45, 7) is 2.02. The zero-order valence-corrected chi connectivity index (χ0v) is 23.9. The predicted molar refractivity (Wildman–Crippen MR) is 145 cm³/mol. The van der Waals surface area contributed by atoms with Gasteiger partial charge in [0, 0.05) is 25.2 Å². The Morgan fingerprint density at radius 2 is 1.88 bits per heavy atom. The van der Waals surface area contributed by atoms with Crippen LogP contribution in [-0.4, -0.2) is 72.0 Å². The number of nitrogens with one attached hydrogen (secondary N) is 2. The normalized spacial score (nSPS) is 11.2. The van der Waals surface area contributed by atoms with Crippen molar-refractivity contribution in [2.75, 3.05) is 19.5 Å². The van der Waals surface area contributed by atoms with Crippen molar-refractivity contribution in [1.82, 2.24) is 45.4 Å². The van der Waals surface area contributed by atoms with Gasteiger partial charge in [-0.15, -0.1) is 10.2 Å². The van der Waals surface area contributed by atoms with Gasteiger partial charge in [-0.2, -0.15) is 18.7 Å². The number of alkyl halides is 2. The average Bonchev–Trinajstić information content (AvgIpc) is 3.57. The molecular formula is C24H22Cl2F2N10O4. The fourth-order valence-corrected chi connectivity index (χ4v) is 4.13. The van der Waals surface area contributed by atoms with Gasteiger partial charge in [-0.1, -0.05) is 23.2 Å². The number of tetrazole rings is 1. The average molecular weight is 623 g/mol. The van der Waals surface area contributed by atoms with Crippen LogP contribution in [0, 0.1) is 6.92 Å². The molecule has 3 aromatic heterocycles. The molecule has 3 amide bonds. The van der Waals surface area contributed by atoms with E-state index in [4.69, 9.17) is 23.2 Å². The van der Waals surface area contributed by atoms with E-state index < -0.39 is 29.7 Å². The van der Waals surface area contributed by atoms with E-state index in [9.17, 15) is 23.2 Å². The Bertz CT molecular complexity index is 1670. The van der Waals surface area contributed by atoms with E-state index in [1.54, 1.807) is 13.0 Å². The van der Waals surface area contributed by atoms with Crippen molar-refractivity contribution in [2.45, 2.75) is 26.3 Å². The fraction of sp³-hybridized carbons (Fsp3) is 0.250. The van der Waals surface area contributed by atoms with Crippen LogP contribution in [0.1, 0.15) is 44.9 Å². The molecule has 0 spiro atoms. The number of nitrogens with zero attached hydrogens (tertiary/aromatic N) is 8. The Morgan fingerprint density at radius 3 is 2.52 bits per heavy atom. The second-order valence-corrected chi connectivity index (χ2v) is 9.69. The van der Waals surface area contributed by atoms with Crippen molar-refractivity contribution in [1.29, 1.82) is 0 Å². The minimum absolute atomic E-state index is 0.0638. The Labute approximate surface area is 246 Å². The Morgan fingerprint density at radius 1 is 1.14 bits per heavy atom. The van der Waals surface area contributed by atoms with Crippen LogP contribution in [-0.2, 0) is 17.2 Å². The molecule has 0 radical (unpaired) electrons. The van der Waals surface area contributed by atoms with Crippen LogP contribution in [0.25, 0.3) is 5.82 Å². The van der Waals surface area contributed by atoms with E-state index in [0.29, 0.717) is 12.5 Å². The van der Waals surface area contributed by atoms with E-state index in [-0.39, 0.29) is 45.0 Å². The zero-order chi connectivity index (χ0) is 30.8. The summed E-state index contributed by atoms with van der Waals surface area (Å²) in [5.74, 6) is -5.52. The van der Waals surface area contributed by atoms with Gasteiger partial charge in [0.05, 0.1) is 29.1 Å². The topological polar surface area (TPSA) is 162 Å². The monoisotopic (exact) mass is 622 g/mol. The number of pyridine rings is 1. The maximum atomic E-state index is 13.7. The van der Waals surface area contributed by atoms with Crippen LogP contribution < -0.4 is 10.7 Å². The number of carbonyl (C=O) groups is 3. The summed E-state index contributed by atoms with van der Waals surface area (Å²) in [4.78, 5) is 43.6. The molecule has 220 valence electrons. The van der Waals surface area contributed by atoms with Gasteiger partial charge >= 0.3 is 12.0 Å². The molecule has 0 saturated carbocycles. The van der Waals surface area contributed by atoms with Gasteiger partial charge < -0.3 is 10.1 Å². The molecule has 0 saturated heterocycles. The van der Waals surface area contributed by atoms with E-state index in [0.717, 1.165) is 21.6 Å². The number of carbonyl (C=O) groups excluding carboxylic acids is 3. The van der Waals surface area contributed by atoms with Crippen LogP contribution in [0.5, 0.6) is 0 Å². The number of hydrogen-bond acceptors (Lipinski definition) is 9. The summed E-state index contributed by atoms with van der Waals surface area (Å²) >= 11 is 12.5. The summed E-state index contributed by atoms with van der Waals surface area (Å²) in [6, 6.07) is 7.29. The summed E-state index contributed by atoms with van der Waals surface area (Å²) in [6.07, 6.45) is 0.593. The largest absolute Gasteiger partial charge is 0.452 e. The van der Waals surface area contributed by atoms with Crippen molar-refractivity contribution in [3.05, 3.63) is 74.9 Å². The highest BCUT2D eigenvalue weighted by Crippen LogP contribution is 2.28. The van der Waals surface area contributed by atoms with Crippen LogP contribution in [0.15, 0.2) is 36.5 Å². The highest BCUT2D eigenvalue weighted by molar-refractivity contribution is 6.32. The Kier molecular flexibility index (Phi) is 8.67. The van der Waals surface area contributed by atoms with Crippen molar-refractivity contribution in [3.8, 4) is 5.82 Å². The number of aryl methyl sites for hydroxylation is 1. The lowest BCUT2D eigenvalue weighted by Crippen LogP contribution is -2.43. The van der Waals surface area contributed by atoms with Crippen LogP contribution in [0.4, 0.5) is 19.3 Å². The number of amides is 3. The molecule has 14 nitrogen and oxygen atoms in total. The molecule has 0 atom stereocenters. The summed E-state index contributed by atoms with van der Waals surface area (Å²) < 4.78 is 32.9. The highest BCUT2D eigenvalue weighted by Gasteiger charge is 2.31. The first-order valence-corrected chi connectivity index (χ1v) is 12.6. The minimum Gasteiger partial charge on any atom is -0.452 e. The van der Waals surface area contributed by atoms with Gasteiger partial charge in [0.25, 0.3) is 11.8 Å². The van der Waals surface area contributed by atoms with E-state index in [2.05, 4.69) is 41.0 Å². The zero-order valence-electron chi connectivity index (χ0n) is 22.4. The number of ether oxygens (including phenoxy) is 1. The van der Waals surface area contributed by atoms with E-state index in [1.807, 2.05) is 0 Å². The summed E-state index contributed by atoms with van der Waals surface area (Å²) in [5.41, 5.74) is 2.86. The lowest BCUT2D eigenvalue weighted by atomic mass is 10.1. The molecule has 0 aliphatic carbocycles. The number of aromatic nitrogens is 7. The number of anilines is 1. The third kappa shape index (κ3) is 6.60. The number of methoxy groups -OCH3 is 1. The first-order chi connectivity index (χ1) is 19.8. The SMILES string of the molecule is COC(=O)N(C)NC(=O)c1cc(Cl)cc(C)c1NC(=O)c1cc(Cn2nnc(C(C)(F)F)n2)nn1-c1ncccc1Cl. The Hall–Kier alpha value is -4.70. The number of hydrogen-bond donors (Lipinski definition) is 2. The molecular weight excluding hydrogens is 601 g/mol. The molecule has 0 unspecified atom stereocenters. The summed E-state index contributed by atoms with van der Waals surface area (Å²) in [7, 11) is 2.41.